The van der Waals surface area contributed by atoms with Gasteiger partial charge in [-0.3, -0.25) is 14.6 Å². The number of aryl methyl sites for hydroxylation is 1. The summed E-state index contributed by atoms with van der Waals surface area (Å²) in [6, 6.07) is 10.9. The predicted octanol–water partition coefficient (Wildman–Crippen LogP) is 2.82. The van der Waals surface area contributed by atoms with Gasteiger partial charge in [0.1, 0.15) is 5.69 Å². The van der Waals surface area contributed by atoms with Gasteiger partial charge in [0.25, 0.3) is 11.8 Å². The zero-order valence-corrected chi connectivity index (χ0v) is 15.5. The van der Waals surface area contributed by atoms with Crippen molar-refractivity contribution in [2.75, 3.05) is 31.7 Å². The lowest BCUT2D eigenvalue weighted by atomic mass is 10.1. The highest BCUT2D eigenvalue weighted by Gasteiger charge is 2.19. The number of nitrogens with one attached hydrogen (secondary N) is 1. The zero-order chi connectivity index (χ0) is 18.9. The van der Waals surface area contributed by atoms with E-state index in [9.17, 15) is 9.59 Å². The number of rotatable bonds is 8. The van der Waals surface area contributed by atoms with Gasteiger partial charge in [0, 0.05) is 44.3 Å². The van der Waals surface area contributed by atoms with Crippen LogP contribution in [0.3, 0.4) is 0 Å². The van der Waals surface area contributed by atoms with E-state index in [0.29, 0.717) is 25.3 Å². The fourth-order valence-electron chi connectivity index (χ4n) is 2.59. The van der Waals surface area contributed by atoms with Gasteiger partial charge >= 0.3 is 0 Å². The summed E-state index contributed by atoms with van der Waals surface area (Å²) >= 11 is 0. The van der Waals surface area contributed by atoms with Gasteiger partial charge in [0.05, 0.1) is 0 Å². The maximum atomic E-state index is 12.9. The smallest absolute Gasteiger partial charge is 0.276 e. The van der Waals surface area contributed by atoms with Crippen LogP contribution >= 0.6 is 0 Å². The van der Waals surface area contributed by atoms with Crippen LogP contribution in [0.5, 0.6) is 0 Å². The number of hydrogen-bond donors (Lipinski definition) is 1. The molecular weight excluding hydrogens is 330 g/mol. The van der Waals surface area contributed by atoms with Crippen LogP contribution in [0.1, 0.15) is 39.8 Å². The van der Waals surface area contributed by atoms with Gasteiger partial charge in [-0.2, -0.15) is 0 Å². The van der Waals surface area contributed by atoms with E-state index in [0.717, 1.165) is 17.7 Å². The number of carbonyl (C=O) groups is 2. The quantitative estimate of drug-likeness (QED) is 0.739. The van der Waals surface area contributed by atoms with Crippen LogP contribution in [-0.2, 0) is 4.74 Å². The molecule has 2 rings (SSSR count). The summed E-state index contributed by atoms with van der Waals surface area (Å²) in [5, 5.41) is 2.81. The van der Waals surface area contributed by atoms with E-state index in [1.165, 1.54) is 12.3 Å². The number of anilines is 1. The molecule has 0 saturated heterocycles. The summed E-state index contributed by atoms with van der Waals surface area (Å²) in [7, 11) is 1.62. The molecule has 1 aromatic heterocycles. The Labute approximate surface area is 154 Å². The van der Waals surface area contributed by atoms with Gasteiger partial charge in [-0.25, -0.2) is 0 Å². The van der Waals surface area contributed by atoms with Crippen molar-refractivity contribution in [1.29, 1.82) is 0 Å². The normalized spacial score (nSPS) is 10.4. The van der Waals surface area contributed by atoms with Crippen LogP contribution in [0.4, 0.5) is 5.69 Å². The first kappa shape index (κ1) is 19.6. The average Bonchev–Trinajstić information content (AvgIpc) is 2.66. The predicted molar refractivity (Wildman–Crippen MR) is 102 cm³/mol. The number of amides is 2. The second-order valence-corrected chi connectivity index (χ2v) is 5.92. The number of hydrogen-bond acceptors (Lipinski definition) is 4. The molecular formula is C20H25N3O3. The molecule has 0 unspecified atom stereocenters. The number of ether oxygens (including phenoxy) is 1. The first-order chi connectivity index (χ1) is 12.6. The summed E-state index contributed by atoms with van der Waals surface area (Å²) < 4.78 is 4.96. The maximum absolute atomic E-state index is 12.9. The molecule has 0 aliphatic carbocycles. The highest BCUT2D eigenvalue weighted by Crippen LogP contribution is 2.18. The van der Waals surface area contributed by atoms with Crippen molar-refractivity contribution < 1.29 is 14.3 Å². The highest BCUT2D eigenvalue weighted by atomic mass is 16.5. The van der Waals surface area contributed by atoms with E-state index in [4.69, 9.17) is 4.74 Å². The van der Waals surface area contributed by atoms with Crippen molar-refractivity contribution in [1.82, 2.24) is 10.3 Å². The molecule has 1 heterocycles. The van der Waals surface area contributed by atoms with E-state index >= 15 is 0 Å². The van der Waals surface area contributed by atoms with Crippen molar-refractivity contribution in [3.8, 4) is 0 Å². The highest BCUT2D eigenvalue weighted by molar-refractivity contribution is 6.06. The first-order valence-electron chi connectivity index (χ1n) is 8.68. The molecule has 0 fully saturated rings. The third kappa shape index (κ3) is 5.13. The number of carbonyl (C=O) groups excluding carboxylic acids is 2. The molecule has 0 bridgehead atoms. The molecule has 0 radical (unpaired) electrons. The minimum absolute atomic E-state index is 0.226. The Morgan fingerprint density at radius 1 is 1.23 bits per heavy atom. The Balaban J connectivity index is 2.14. The molecule has 1 aromatic carbocycles. The monoisotopic (exact) mass is 355 g/mol. The molecule has 0 atom stereocenters. The van der Waals surface area contributed by atoms with Crippen molar-refractivity contribution in [3.05, 3.63) is 59.4 Å². The second-order valence-electron chi connectivity index (χ2n) is 5.92. The zero-order valence-electron chi connectivity index (χ0n) is 15.5. The molecule has 6 nitrogen and oxygen atoms in total. The molecule has 1 N–H and O–H groups in total. The Kier molecular flexibility index (Phi) is 7.29. The lowest BCUT2D eigenvalue weighted by Gasteiger charge is -2.21. The van der Waals surface area contributed by atoms with Gasteiger partial charge < -0.3 is 15.0 Å². The number of nitrogens with zero attached hydrogens (tertiary/aromatic N) is 2. The van der Waals surface area contributed by atoms with Crippen LogP contribution in [0.2, 0.25) is 0 Å². The second kappa shape index (κ2) is 9.68. The van der Waals surface area contributed by atoms with E-state index in [1.54, 1.807) is 18.1 Å². The SMILES string of the molecule is CCN(C(=O)c1cc(C(=O)NCCCOC)ccn1)c1cccc(C)c1. The Hall–Kier alpha value is -2.73. The van der Waals surface area contributed by atoms with Gasteiger partial charge in [-0.1, -0.05) is 12.1 Å². The van der Waals surface area contributed by atoms with Gasteiger partial charge in [-0.05, 0) is 50.1 Å². The van der Waals surface area contributed by atoms with Crippen molar-refractivity contribution >= 4 is 17.5 Å². The Morgan fingerprint density at radius 3 is 2.73 bits per heavy atom. The average molecular weight is 355 g/mol. The van der Waals surface area contributed by atoms with E-state index in [2.05, 4.69) is 10.3 Å². The molecule has 0 aliphatic heterocycles. The maximum Gasteiger partial charge on any atom is 0.276 e. The van der Waals surface area contributed by atoms with E-state index < -0.39 is 0 Å². The van der Waals surface area contributed by atoms with Gasteiger partial charge in [0.15, 0.2) is 0 Å². The summed E-state index contributed by atoms with van der Waals surface area (Å²) in [6.45, 7) is 5.50. The minimum Gasteiger partial charge on any atom is -0.385 e. The molecule has 0 spiro atoms. The standard InChI is InChI=1S/C20H25N3O3/c1-4-23(17-8-5-7-15(2)13-17)20(25)18-14-16(9-11-21-18)19(24)22-10-6-12-26-3/h5,7-9,11,13-14H,4,6,10,12H2,1-3H3,(H,22,24). The molecule has 2 aromatic rings. The molecule has 138 valence electrons. The molecule has 2 amide bonds. The van der Waals surface area contributed by atoms with E-state index in [-0.39, 0.29) is 17.5 Å². The fraction of sp³-hybridized carbons (Fsp3) is 0.350. The largest absolute Gasteiger partial charge is 0.385 e. The number of aromatic nitrogens is 1. The van der Waals surface area contributed by atoms with Crippen LogP contribution < -0.4 is 10.2 Å². The third-order valence-corrected chi connectivity index (χ3v) is 3.93. The summed E-state index contributed by atoms with van der Waals surface area (Å²) in [4.78, 5) is 30.9. The molecule has 26 heavy (non-hydrogen) atoms. The van der Waals surface area contributed by atoms with E-state index in [1.807, 2.05) is 38.1 Å². The first-order valence-corrected chi connectivity index (χ1v) is 8.68. The van der Waals surface area contributed by atoms with Crippen LogP contribution in [0.15, 0.2) is 42.6 Å². The fourth-order valence-corrected chi connectivity index (χ4v) is 2.59. The minimum atomic E-state index is -0.230. The topological polar surface area (TPSA) is 71.5 Å². The number of benzene rings is 1. The molecule has 0 saturated carbocycles. The lowest BCUT2D eigenvalue weighted by Crippen LogP contribution is -2.32. The van der Waals surface area contributed by atoms with Gasteiger partial charge in [-0.15, -0.1) is 0 Å². The lowest BCUT2D eigenvalue weighted by molar-refractivity contribution is 0.0948. The molecule has 6 heteroatoms. The third-order valence-electron chi connectivity index (χ3n) is 3.93. The van der Waals surface area contributed by atoms with Crippen molar-refractivity contribution in [3.63, 3.8) is 0 Å². The number of pyridine rings is 1. The van der Waals surface area contributed by atoms with Crippen molar-refractivity contribution in [2.45, 2.75) is 20.3 Å². The Bertz CT molecular complexity index is 761. The van der Waals surface area contributed by atoms with Crippen LogP contribution in [0, 0.1) is 6.92 Å². The summed E-state index contributed by atoms with van der Waals surface area (Å²) in [5.41, 5.74) is 2.55. The number of methoxy groups -OCH3 is 1. The Morgan fingerprint density at radius 2 is 2.04 bits per heavy atom. The molecule has 0 aliphatic rings. The van der Waals surface area contributed by atoms with Crippen LogP contribution in [0.25, 0.3) is 0 Å². The van der Waals surface area contributed by atoms with Crippen LogP contribution in [-0.4, -0.2) is 43.6 Å². The summed E-state index contributed by atoms with van der Waals surface area (Å²) in [5.74, 6) is -0.455. The van der Waals surface area contributed by atoms with Gasteiger partial charge in [0.2, 0.25) is 0 Å². The van der Waals surface area contributed by atoms with Crippen molar-refractivity contribution in [2.24, 2.45) is 0 Å². The summed E-state index contributed by atoms with van der Waals surface area (Å²) in [6.07, 6.45) is 2.22.